The molecule has 0 saturated heterocycles. The number of nitriles is 2. The van der Waals surface area contributed by atoms with Crippen molar-refractivity contribution < 1.29 is 61.3 Å². The normalized spacial score (nSPS) is 6.09. The molecular weight excluding hydrogens is 171 g/mol. The van der Waals surface area contributed by atoms with Gasteiger partial charge < -0.3 is 9.90 Å². The van der Waals surface area contributed by atoms with E-state index in [2.05, 4.69) is 0 Å². The first-order valence-corrected chi connectivity index (χ1v) is 2.27. The van der Waals surface area contributed by atoms with Crippen LogP contribution in [0, 0.1) is 22.7 Å². The maximum absolute atomic E-state index is 8.89. The number of hydrogen-bond acceptors (Lipinski definition) is 4. The third-order valence-corrected chi connectivity index (χ3v) is 0.232. The number of aliphatic carboxylic acids is 1. The second-order valence-corrected chi connectivity index (χ2v) is 1.08. The van der Waals surface area contributed by atoms with Crippen LogP contribution < -0.4 is 56.5 Å². The van der Waals surface area contributed by atoms with Gasteiger partial charge in [0.1, 0.15) is 0 Å². The summed E-state index contributed by atoms with van der Waals surface area (Å²) in [6.07, 6.45) is 2.25. The van der Waals surface area contributed by atoms with Crippen molar-refractivity contribution in [2.24, 2.45) is 0 Å². The third kappa shape index (κ3) is 75.3. The molecule has 0 rings (SSSR count). The summed E-state index contributed by atoms with van der Waals surface area (Å²) in [6.45, 7) is 0.972. The summed E-state index contributed by atoms with van der Waals surface area (Å²) >= 11 is 0. The molecule has 0 aromatic heterocycles. The van der Waals surface area contributed by atoms with Crippen molar-refractivity contribution in [3.05, 3.63) is 12.2 Å². The fraction of sp³-hybridized carbons (Fsp3) is 0.167. The molecule has 0 aromatic carbocycles. The second kappa shape index (κ2) is 16.4. The van der Waals surface area contributed by atoms with Crippen molar-refractivity contribution in [2.45, 2.75) is 6.92 Å². The van der Waals surface area contributed by atoms with Crippen molar-refractivity contribution in [3.63, 3.8) is 0 Å². The number of nitrogens with zero attached hydrogens (tertiary/aromatic N) is 2. The Morgan fingerprint density at radius 3 is 1.64 bits per heavy atom. The van der Waals surface area contributed by atoms with E-state index in [1.165, 1.54) is 0 Å². The summed E-state index contributed by atoms with van der Waals surface area (Å²) in [6, 6.07) is 3.33. The number of rotatable bonds is 0. The molecule has 0 aromatic rings. The van der Waals surface area contributed by atoms with Crippen LogP contribution >= 0.6 is 0 Å². The fourth-order valence-electron chi connectivity index (χ4n) is 0.0745. The Bertz CT molecular complexity index is 180. The first-order valence-electron chi connectivity index (χ1n) is 2.27. The summed E-state index contributed by atoms with van der Waals surface area (Å²) in [5.74, 6) is -1.08. The molecule has 0 N–H and O–H groups in total. The summed E-state index contributed by atoms with van der Waals surface area (Å²) < 4.78 is 0. The van der Waals surface area contributed by atoms with Crippen LogP contribution in [0.25, 0.3) is 0 Å². The molecule has 11 heavy (non-hydrogen) atoms. The maximum atomic E-state index is 8.89. The van der Waals surface area contributed by atoms with Gasteiger partial charge in [-0.2, -0.15) is 10.5 Å². The van der Waals surface area contributed by atoms with E-state index >= 15 is 0 Å². The van der Waals surface area contributed by atoms with Crippen LogP contribution in [-0.4, -0.2) is 5.97 Å². The molecule has 0 amide bonds. The Hall–Kier alpha value is -0.174. The summed E-state index contributed by atoms with van der Waals surface area (Å²) in [5.41, 5.74) is 0. The van der Waals surface area contributed by atoms with Crippen molar-refractivity contribution in [2.75, 3.05) is 0 Å². The quantitative estimate of drug-likeness (QED) is 0.281. The minimum absolute atomic E-state index is 0. The SMILES string of the molecule is CC(=O)[O-].N#C/C=C/C#N.[K+]. The van der Waals surface area contributed by atoms with Gasteiger partial charge >= 0.3 is 51.4 Å². The van der Waals surface area contributed by atoms with Crippen LogP contribution in [0.2, 0.25) is 0 Å². The van der Waals surface area contributed by atoms with Gasteiger partial charge in [-0.1, -0.05) is 0 Å². The van der Waals surface area contributed by atoms with Gasteiger partial charge in [0, 0.05) is 18.1 Å². The number of allylic oxidation sites excluding steroid dienone is 2. The van der Waals surface area contributed by atoms with Gasteiger partial charge in [0.05, 0.1) is 12.1 Å². The molecule has 52 valence electrons. The Labute approximate surface area is 108 Å². The second-order valence-electron chi connectivity index (χ2n) is 1.08. The van der Waals surface area contributed by atoms with Crippen LogP contribution in [0.4, 0.5) is 0 Å². The van der Waals surface area contributed by atoms with E-state index in [-0.39, 0.29) is 51.4 Å². The van der Waals surface area contributed by atoms with Crippen LogP contribution in [0.1, 0.15) is 6.92 Å². The number of carbonyl (C=O) groups excluding carboxylic acids is 1. The Morgan fingerprint density at radius 2 is 1.55 bits per heavy atom. The largest absolute Gasteiger partial charge is 1.00 e. The van der Waals surface area contributed by atoms with Gasteiger partial charge in [0.2, 0.25) is 0 Å². The third-order valence-electron chi connectivity index (χ3n) is 0.232. The van der Waals surface area contributed by atoms with Crippen molar-refractivity contribution >= 4 is 5.97 Å². The zero-order valence-electron chi connectivity index (χ0n) is 6.37. The first-order chi connectivity index (χ1) is 4.65. The van der Waals surface area contributed by atoms with Gasteiger partial charge in [-0.3, -0.25) is 0 Å². The molecule has 4 nitrogen and oxygen atoms in total. The molecule has 0 aliphatic heterocycles. The number of carbonyl (C=O) groups is 1. The zero-order valence-corrected chi connectivity index (χ0v) is 9.49. The molecule has 0 atom stereocenters. The van der Waals surface area contributed by atoms with Crippen molar-refractivity contribution in [1.82, 2.24) is 0 Å². The summed E-state index contributed by atoms with van der Waals surface area (Å²) in [5, 5.41) is 24.3. The van der Waals surface area contributed by atoms with Gasteiger partial charge in [-0.05, 0) is 6.92 Å². The molecule has 0 aliphatic carbocycles. The number of hydrogen-bond donors (Lipinski definition) is 0. The Morgan fingerprint density at radius 1 is 1.36 bits per heavy atom. The smallest absolute Gasteiger partial charge is 0.550 e. The molecule has 0 fully saturated rings. The molecule has 0 spiro atoms. The molecule has 0 unspecified atom stereocenters. The van der Waals surface area contributed by atoms with Crippen LogP contribution in [-0.2, 0) is 4.79 Å². The summed E-state index contributed by atoms with van der Waals surface area (Å²) in [4.78, 5) is 8.89. The van der Waals surface area contributed by atoms with E-state index in [0.29, 0.717) is 0 Å². The average Bonchev–Trinajstić information content (AvgIpc) is 1.82. The van der Waals surface area contributed by atoms with Crippen LogP contribution in [0.3, 0.4) is 0 Å². The predicted octanol–water partition coefficient (Wildman–Crippen LogP) is -3.65. The predicted molar refractivity (Wildman–Crippen MR) is 31.0 cm³/mol. The van der Waals surface area contributed by atoms with Gasteiger partial charge in [-0.15, -0.1) is 0 Å². The maximum Gasteiger partial charge on any atom is 1.00 e. The zero-order chi connectivity index (χ0) is 8.41. The van der Waals surface area contributed by atoms with E-state index in [1.54, 1.807) is 12.1 Å². The first kappa shape index (κ1) is 17.1. The Balaban J connectivity index is -0.000000114. The van der Waals surface area contributed by atoms with Crippen molar-refractivity contribution in [3.8, 4) is 12.1 Å². The molecular formula is C6H5KN2O2. The molecule has 0 saturated carbocycles. The Kier molecular flexibility index (Phi) is 25.5. The molecule has 0 radical (unpaired) electrons. The minimum Gasteiger partial charge on any atom is -0.550 e. The van der Waals surface area contributed by atoms with Gasteiger partial charge in [0.25, 0.3) is 0 Å². The molecule has 5 heteroatoms. The molecule has 0 aliphatic rings. The van der Waals surface area contributed by atoms with Gasteiger partial charge in [-0.25, -0.2) is 0 Å². The number of carboxylic acids is 1. The van der Waals surface area contributed by atoms with E-state index in [1.807, 2.05) is 0 Å². The average molecular weight is 176 g/mol. The number of carboxylic acid groups (broad SMARTS) is 1. The topological polar surface area (TPSA) is 87.7 Å². The standard InChI is InChI=1S/C4H2N2.C2H4O2.K/c5-3-1-2-4-6;1-2(3)4;/h1-2H;1H3,(H,3,4);/q;;+1/p-1/b2-1+;;. The fourth-order valence-corrected chi connectivity index (χ4v) is 0.0745. The summed E-state index contributed by atoms with van der Waals surface area (Å²) in [7, 11) is 0. The van der Waals surface area contributed by atoms with E-state index < -0.39 is 5.97 Å². The van der Waals surface area contributed by atoms with E-state index in [4.69, 9.17) is 20.4 Å². The van der Waals surface area contributed by atoms with Crippen LogP contribution in [0.15, 0.2) is 12.2 Å². The molecule has 0 heterocycles. The van der Waals surface area contributed by atoms with Crippen LogP contribution in [0.5, 0.6) is 0 Å². The minimum atomic E-state index is -1.08. The van der Waals surface area contributed by atoms with Gasteiger partial charge in [0.15, 0.2) is 0 Å². The van der Waals surface area contributed by atoms with Crippen molar-refractivity contribution in [1.29, 1.82) is 10.5 Å². The van der Waals surface area contributed by atoms with E-state index in [9.17, 15) is 0 Å². The molecule has 0 bridgehead atoms. The monoisotopic (exact) mass is 176 g/mol. The van der Waals surface area contributed by atoms with E-state index in [0.717, 1.165) is 19.1 Å².